The molecule has 1 aromatic rings. The van der Waals surface area contributed by atoms with Gasteiger partial charge in [0.1, 0.15) is 11.6 Å². The van der Waals surface area contributed by atoms with Crippen molar-refractivity contribution in [2.45, 2.75) is 12.5 Å². The maximum atomic E-state index is 13.0. The van der Waals surface area contributed by atoms with Gasteiger partial charge in [0.2, 0.25) is 0 Å². The van der Waals surface area contributed by atoms with Crippen LogP contribution in [0.4, 0.5) is 17.6 Å². The molecule has 86 valence electrons. The number of hydrogen-bond acceptors (Lipinski definition) is 1. The number of benzene rings is 1. The van der Waals surface area contributed by atoms with E-state index in [1.807, 2.05) is 0 Å². The zero-order valence-corrected chi connectivity index (χ0v) is 8.76. The van der Waals surface area contributed by atoms with Crippen LogP contribution in [0.25, 0.3) is 0 Å². The smallest absolute Gasteiger partial charge is 0.257 e. The molecule has 0 aliphatic rings. The van der Waals surface area contributed by atoms with E-state index in [9.17, 15) is 17.6 Å². The molecule has 0 aromatic heterocycles. The molecule has 1 aromatic carbocycles. The molecule has 0 aliphatic heterocycles. The SMILES string of the molecule is Cl.N[C@@H](c1c(F)cc(Cl)cc1F)C(F)F. The summed E-state index contributed by atoms with van der Waals surface area (Å²) in [5.74, 6) is -2.33. The summed E-state index contributed by atoms with van der Waals surface area (Å²) in [5.41, 5.74) is 4.07. The van der Waals surface area contributed by atoms with Crippen LogP contribution < -0.4 is 5.73 Å². The lowest BCUT2D eigenvalue weighted by atomic mass is 10.1. The van der Waals surface area contributed by atoms with Gasteiger partial charge in [0.15, 0.2) is 0 Å². The highest BCUT2D eigenvalue weighted by molar-refractivity contribution is 6.30. The minimum atomic E-state index is -3.03. The normalized spacial score (nSPS) is 12.5. The Labute approximate surface area is 94.6 Å². The molecule has 1 nitrogen and oxygen atoms in total. The van der Waals surface area contributed by atoms with Crippen LogP contribution >= 0.6 is 24.0 Å². The van der Waals surface area contributed by atoms with Gasteiger partial charge in [0.25, 0.3) is 6.43 Å². The van der Waals surface area contributed by atoms with Crippen molar-refractivity contribution in [1.29, 1.82) is 0 Å². The Bertz CT molecular complexity index is 322. The minimum Gasteiger partial charge on any atom is -0.319 e. The fraction of sp³-hybridized carbons (Fsp3) is 0.250. The molecule has 0 amide bonds. The second-order valence-corrected chi connectivity index (χ2v) is 3.08. The maximum absolute atomic E-state index is 13.0. The average Bonchev–Trinajstić information content (AvgIpc) is 2.01. The first-order chi connectivity index (χ1) is 6.43. The Kier molecular flexibility index (Phi) is 5.34. The van der Waals surface area contributed by atoms with E-state index in [1.165, 1.54) is 0 Å². The molecule has 0 heterocycles. The second kappa shape index (κ2) is 5.53. The first kappa shape index (κ1) is 14.5. The third-order valence-electron chi connectivity index (χ3n) is 1.65. The third-order valence-corrected chi connectivity index (χ3v) is 1.87. The highest BCUT2D eigenvalue weighted by atomic mass is 35.5. The summed E-state index contributed by atoms with van der Waals surface area (Å²) in [6.45, 7) is 0. The zero-order chi connectivity index (χ0) is 10.9. The predicted molar refractivity (Wildman–Crippen MR) is 51.5 cm³/mol. The number of alkyl halides is 2. The van der Waals surface area contributed by atoms with Crippen molar-refractivity contribution in [3.8, 4) is 0 Å². The van der Waals surface area contributed by atoms with Crippen molar-refractivity contribution in [1.82, 2.24) is 0 Å². The van der Waals surface area contributed by atoms with Gasteiger partial charge >= 0.3 is 0 Å². The van der Waals surface area contributed by atoms with E-state index in [1.54, 1.807) is 0 Å². The quantitative estimate of drug-likeness (QED) is 0.815. The molecule has 0 unspecified atom stereocenters. The number of halogens is 6. The van der Waals surface area contributed by atoms with Gasteiger partial charge in [0.05, 0.1) is 6.04 Å². The summed E-state index contributed by atoms with van der Waals surface area (Å²) in [6, 6.07) is -0.503. The highest BCUT2D eigenvalue weighted by Gasteiger charge is 2.25. The average molecular weight is 264 g/mol. The molecule has 0 saturated heterocycles. The lowest BCUT2D eigenvalue weighted by molar-refractivity contribution is 0.113. The van der Waals surface area contributed by atoms with Crippen molar-refractivity contribution in [2.24, 2.45) is 5.73 Å². The van der Waals surface area contributed by atoms with E-state index in [0.717, 1.165) is 12.1 Å². The molecule has 7 heteroatoms. The Hall–Kier alpha value is -0.520. The molecule has 0 aliphatic carbocycles. The number of nitrogens with two attached hydrogens (primary N) is 1. The predicted octanol–water partition coefficient (Wildman–Crippen LogP) is 3.30. The van der Waals surface area contributed by atoms with Gasteiger partial charge in [-0.05, 0) is 12.1 Å². The van der Waals surface area contributed by atoms with Crippen molar-refractivity contribution in [3.05, 3.63) is 34.4 Å². The van der Waals surface area contributed by atoms with Crippen LogP contribution in [0, 0.1) is 11.6 Å². The number of rotatable bonds is 2. The van der Waals surface area contributed by atoms with Crippen LogP contribution in [0.3, 0.4) is 0 Å². The molecular weight excluding hydrogens is 257 g/mol. The molecule has 0 radical (unpaired) electrons. The van der Waals surface area contributed by atoms with Gasteiger partial charge < -0.3 is 5.73 Å². The molecular formula is C8H7Cl2F4N. The van der Waals surface area contributed by atoms with Crippen LogP contribution in [-0.2, 0) is 0 Å². The van der Waals surface area contributed by atoms with E-state index < -0.39 is 29.7 Å². The molecule has 1 atom stereocenters. The fourth-order valence-corrected chi connectivity index (χ4v) is 1.19. The van der Waals surface area contributed by atoms with Crippen LogP contribution in [0.5, 0.6) is 0 Å². The van der Waals surface area contributed by atoms with Crippen molar-refractivity contribution in [3.63, 3.8) is 0 Å². The van der Waals surface area contributed by atoms with Crippen LogP contribution in [-0.4, -0.2) is 6.43 Å². The van der Waals surface area contributed by atoms with E-state index >= 15 is 0 Å². The van der Waals surface area contributed by atoms with Gasteiger partial charge in [0, 0.05) is 10.6 Å². The monoisotopic (exact) mass is 263 g/mol. The van der Waals surface area contributed by atoms with Crippen LogP contribution in [0.1, 0.15) is 11.6 Å². The summed E-state index contributed by atoms with van der Waals surface area (Å²) in [7, 11) is 0. The Balaban J connectivity index is 0.00000196. The van der Waals surface area contributed by atoms with Gasteiger partial charge in [-0.2, -0.15) is 0 Å². The van der Waals surface area contributed by atoms with E-state index in [0.29, 0.717) is 0 Å². The first-order valence-electron chi connectivity index (χ1n) is 3.61. The van der Waals surface area contributed by atoms with Gasteiger partial charge in [-0.3, -0.25) is 0 Å². The van der Waals surface area contributed by atoms with E-state index in [2.05, 4.69) is 0 Å². The fourth-order valence-electron chi connectivity index (χ4n) is 0.998. The summed E-state index contributed by atoms with van der Waals surface area (Å²) >= 11 is 5.30. The highest BCUT2D eigenvalue weighted by Crippen LogP contribution is 2.26. The summed E-state index contributed by atoms with van der Waals surface area (Å²) in [4.78, 5) is 0. The summed E-state index contributed by atoms with van der Waals surface area (Å²) < 4.78 is 50.1. The number of hydrogen-bond donors (Lipinski definition) is 1. The standard InChI is InChI=1S/C8H6ClF4N.ClH/c9-3-1-4(10)6(5(11)2-3)7(14)8(12)13;/h1-2,7-8H,14H2;1H/t7-;/m0./s1. The second-order valence-electron chi connectivity index (χ2n) is 2.64. The zero-order valence-electron chi connectivity index (χ0n) is 7.18. The van der Waals surface area contributed by atoms with Crippen LogP contribution in [0.2, 0.25) is 5.02 Å². The first-order valence-corrected chi connectivity index (χ1v) is 3.99. The van der Waals surface area contributed by atoms with Crippen LogP contribution in [0.15, 0.2) is 12.1 Å². The van der Waals surface area contributed by atoms with Crippen molar-refractivity contribution < 1.29 is 17.6 Å². The molecule has 2 N–H and O–H groups in total. The van der Waals surface area contributed by atoms with Crippen molar-refractivity contribution >= 4 is 24.0 Å². The van der Waals surface area contributed by atoms with E-state index in [-0.39, 0.29) is 17.4 Å². The molecule has 1 rings (SSSR count). The maximum Gasteiger partial charge on any atom is 0.257 e. The summed E-state index contributed by atoms with van der Waals surface area (Å²) in [5, 5.41) is -0.204. The lowest BCUT2D eigenvalue weighted by Crippen LogP contribution is -2.21. The van der Waals surface area contributed by atoms with Gasteiger partial charge in [-0.15, -0.1) is 12.4 Å². The Morgan fingerprint density at radius 1 is 1.13 bits per heavy atom. The largest absolute Gasteiger partial charge is 0.319 e. The molecule has 15 heavy (non-hydrogen) atoms. The third kappa shape index (κ3) is 3.22. The van der Waals surface area contributed by atoms with Crippen molar-refractivity contribution in [2.75, 3.05) is 0 Å². The lowest BCUT2D eigenvalue weighted by Gasteiger charge is -2.12. The summed E-state index contributed by atoms with van der Waals surface area (Å²) in [6.07, 6.45) is -3.03. The molecule has 0 bridgehead atoms. The minimum absolute atomic E-state index is 0. The molecule has 0 spiro atoms. The van der Waals surface area contributed by atoms with Gasteiger partial charge in [-0.25, -0.2) is 17.6 Å². The Morgan fingerprint density at radius 3 is 1.87 bits per heavy atom. The van der Waals surface area contributed by atoms with E-state index in [4.69, 9.17) is 17.3 Å². The topological polar surface area (TPSA) is 26.0 Å². The Morgan fingerprint density at radius 2 is 1.53 bits per heavy atom. The molecule has 0 fully saturated rings. The molecule has 0 saturated carbocycles. The van der Waals surface area contributed by atoms with Gasteiger partial charge in [-0.1, -0.05) is 11.6 Å².